The second-order valence-electron chi connectivity index (χ2n) is 9.43. The number of nitrogens with zero attached hydrogens (tertiary/aromatic N) is 2. The van der Waals surface area contributed by atoms with E-state index in [1.54, 1.807) is 36.4 Å². The molecule has 1 aromatic heterocycles. The molecule has 0 saturated heterocycles. The number of rotatable bonds is 6. The molecule has 4 N–H and O–H groups in total. The Kier molecular flexibility index (Phi) is 6.68. The van der Waals surface area contributed by atoms with Crippen LogP contribution in [0.4, 0.5) is 5.69 Å². The van der Waals surface area contributed by atoms with E-state index in [0.717, 1.165) is 18.4 Å². The van der Waals surface area contributed by atoms with Crippen LogP contribution >= 0.6 is 0 Å². The van der Waals surface area contributed by atoms with Crippen molar-refractivity contribution in [3.8, 4) is 5.88 Å². The minimum Gasteiger partial charge on any atom is -0.492 e. The number of benzene rings is 2. The normalized spacial score (nSPS) is 18.1. The SMILES string of the molecule is CC(C)(NC(=O)C1CCC(c2ccc(NC(=O)c3nc4ccccc4nc3O)cc2)CC1)C(=O)O. The van der Waals surface area contributed by atoms with Gasteiger partial charge in [0.25, 0.3) is 5.91 Å². The van der Waals surface area contributed by atoms with Gasteiger partial charge in [0.2, 0.25) is 11.8 Å². The van der Waals surface area contributed by atoms with Gasteiger partial charge in [0.1, 0.15) is 5.54 Å². The Hall–Kier alpha value is -4.01. The first-order valence-corrected chi connectivity index (χ1v) is 11.6. The summed E-state index contributed by atoms with van der Waals surface area (Å²) in [6, 6.07) is 14.5. The molecular formula is C26H28N4O5. The van der Waals surface area contributed by atoms with E-state index < -0.39 is 23.3 Å². The van der Waals surface area contributed by atoms with E-state index in [1.807, 2.05) is 12.1 Å². The smallest absolute Gasteiger partial charge is 0.328 e. The van der Waals surface area contributed by atoms with Gasteiger partial charge in [-0.3, -0.25) is 9.59 Å². The van der Waals surface area contributed by atoms with Crippen molar-refractivity contribution in [2.24, 2.45) is 5.92 Å². The molecule has 2 amide bonds. The molecule has 0 radical (unpaired) electrons. The highest BCUT2D eigenvalue weighted by atomic mass is 16.4. The van der Waals surface area contributed by atoms with Crippen LogP contribution in [0.5, 0.6) is 5.88 Å². The van der Waals surface area contributed by atoms with Gasteiger partial charge < -0.3 is 20.8 Å². The van der Waals surface area contributed by atoms with Crippen molar-refractivity contribution in [1.82, 2.24) is 15.3 Å². The van der Waals surface area contributed by atoms with E-state index >= 15 is 0 Å². The highest BCUT2D eigenvalue weighted by Crippen LogP contribution is 2.36. The number of aliphatic carboxylic acids is 1. The zero-order chi connectivity index (χ0) is 25.2. The van der Waals surface area contributed by atoms with Crippen molar-refractivity contribution in [2.45, 2.75) is 51.0 Å². The summed E-state index contributed by atoms with van der Waals surface area (Å²) in [5.41, 5.74) is 1.27. The number of amides is 2. The molecule has 0 spiro atoms. The molecule has 182 valence electrons. The molecule has 0 unspecified atom stereocenters. The summed E-state index contributed by atoms with van der Waals surface area (Å²) in [5, 5.41) is 24.7. The summed E-state index contributed by atoms with van der Waals surface area (Å²) in [6.07, 6.45) is 3.00. The van der Waals surface area contributed by atoms with Crippen LogP contribution < -0.4 is 10.6 Å². The van der Waals surface area contributed by atoms with Gasteiger partial charge in [-0.05, 0) is 75.3 Å². The molecule has 2 aromatic carbocycles. The molecule has 1 heterocycles. The van der Waals surface area contributed by atoms with Gasteiger partial charge in [0.05, 0.1) is 11.0 Å². The lowest BCUT2D eigenvalue weighted by Crippen LogP contribution is -2.51. The highest BCUT2D eigenvalue weighted by molar-refractivity contribution is 6.05. The molecule has 1 fully saturated rings. The Bertz CT molecular complexity index is 1260. The van der Waals surface area contributed by atoms with Crippen molar-refractivity contribution in [3.05, 3.63) is 59.8 Å². The number of aromatic nitrogens is 2. The minimum absolute atomic E-state index is 0.143. The first kappa shape index (κ1) is 24.1. The highest BCUT2D eigenvalue weighted by Gasteiger charge is 2.34. The summed E-state index contributed by atoms with van der Waals surface area (Å²) < 4.78 is 0. The number of anilines is 1. The van der Waals surface area contributed by atoms with Crippen molar-refractivity contribution in [2.75, 3.05) is 5.32 Å². The van der Waals surface area contributed by atoms with Crippen molar-refractivity contribution >= 4 is 34.5 Å². The van der Waals surface area contributed by atoms with Crippen LogP contribution in [0.3, 0.4) is 0 Å². The molecule has 1 aliphatic rings. The maximum absolute atomic E-state index is 12.7. The maximum Gasteiger partial charge on any atom is 0.328 e. The second kappa shape index (κ2) is 9.69. The van der Waals surface area contributed by atoms with E-state index in [0.29, 0.717) is 29.6 Å². The van der Waals surface area contributed by atoms with Crippen molar-refractivity contribution in [1.29, 1.82) is 0 Å². The molecule has 1 aliphatic carbocycles. The van der Waals surface area contributed by atoms with Crippen LogP contribution in [0.25, 0.3) is 11.0 Å². The number of carboxylic acid groups (broad SMARTS) is 1. The van der Waals surface area contributed by atoms with Crippen molar-refractivity contribution < 1.29 is 24.6 Å². The van der Waals surface area contributed by atoms with Gasteiger partial charge in [0, 0.05) is 11.6 Å². The minimum atomic E-state index is -1.29. The molecule has 35 heavy (non-hydrogen) atoms. The Labute approximate surface area is 202 Å². The average Bonchev–Trinajstić information content (AvgIpc) is 2.83. The third-order valence-electron chi connectivity index (χ3n) is 6.48. The fourth-order valence-corrected chi connectivity index (χ4v) is 4.32. The van der Waals surface area contributed by atoms with Crippen LogP contribution in [0, 0.1) is 5.92 Å². The zero-order valence-corrected chi connectivity index (χ0v) is 19.6. The van der Waals surface area contributed by atoms with Crippen LogP contribution in [0.1, 0.15) is 61.5 Å². The lowest BCUT2D eigenvalue weighted by Gasteiger charge is -2.30. The van der Waals surface area contributed by atoms with Crippen LogP contribution in [0.15, 0.2) is 48.5 Å². The van der Waals surface area contributed by atoms with E-state index in [-0.39, 0.29) is 23.4 Å². The zero-order valence-electron chi connectivity index (χ0n) is 19.6. The Balaban J connectivity index is 1.35. The third kappa shape index (κ3) is 5.40. The lowest BCUT2D eigenvalue weighted by atomic mass is 9.78. The standard InChI is InChI=1S/C26H28N4O5/c1-26(2,25(34)35)30-22(31)17-9-7-15(8-10-17)16-11-13-18(14-12-16)27-23(32)21-24(33)29-20-6-4-3-5-19(20)28-21/h3-6,11-15,17H,7-10H2,1-2H3,(H,27,32)(H,29,33)(H,30,31)(H,34,35). The van der Waals surface area contributed by atoms with Gasteiger partial charge in [-0.25, -0.2) is 14.8 Å². The van der Waals surface area contributed by atoms with E-state index in [1.165, 1.54) is 13.8 Å². The number of carbonyl (C=O) groups excluding carboxylic acids is 2. The topological polar surface area (TPSA) is 142 Å². The summed E-state index contributed by atoms with van der Waals surface area (Å²) in [5.74, 6) is -2.16. The van der Waals surface area contributed by atoms with E-state index in [2.05, 4.69) is 20.6 Å². The quantitative estimate of drug-likeness (QED) is 0.423. The van der Waals surface area contributed by atoms with Gasteiger partial charge in [-0.15, -0.1) is 0 Å². The predicted octanol–water partition coefficient (Wildman–Crippen LogP) is 3.84. The van der Waals surface area contributed by atoms with Gasteiger partial charge in [0.15, 0.2) is 5.69 Å². The molecule has 0 aliphatic heterocycles. The third-order valence-corrected chi connectivity index (χ3v) is 6.48. The molecule has 9 heteroatoms. The average molecular weight is 477 g/mol. The Morgan fingerprint density at radius 2 is 1.51 bits per heavy atom. The number of fused-ring (bicyclic) bond motifs is 1. The number of carboxylic acids is 1. The van der Waals surface area contributed by atoms with Crippen LogP contribution in [-0.4, -0.2) is 43.5 Å². The molecule has 0 atom stereocenters. The van der Waals surface area contributed by atoms with Crippen LogP contribution in [0.2, 0.25) is 0 Å². The predicted molar refractivity (Wildman–Crippen MR) is 130 cm³/mol. The molecule has 3 aromatic rings. The summed E-state index contributed by atoms with van der Waals surface area (Å²) in [6.45, 7) is 2.96. The number of aromatic hydroxyl groups is 1. The number of nitrogens with one attached hydrogen (secondary N) is 2. The van der Waals surface area contributed by atoms with Crippen LogP contribution in [-0.2, 0) is 9.59 Å². The summed E-state index contributed by atoms with van der Waals surface area (Å²) in [4.78, 5) is 44.7. The largest absolute Gasteiger partial charge is 0.492 e. The van der Waals surface area contributed by atoms with E-state index in [9.17, 15) is 24.6 Å². The molecule has 4 rings (SSSR count). The van der Waals surface area contributed by atoms with Gasteiger partial charge in [-0.1, -0.05) is 24.3 Å². The fourth-order valence-electron chi connectivity index (χ4n) is 4.32. The second-order valence-corrected chi connectivity index (χ2v) is 9.43. The Morgan fingerprint density at radius 1 is 0.914 bits per heavy atom. The molecular weight excluding hydrogens is 448 g/mol. The van der Waals surface area contributed by atoms with Crippen molar-refractivity contribution in [3.63, 3.8) is 0 Å². The molecule has 9 nitrogen and oxygen atoms in total. The first-order chi connectivity index (χ1) is 16.6. The number of hydrogen-bond acceptors (Lipinski definition) is 6. The molecule has 0 bridgehead atoms. The lowest BCUT2D eigenvalue weighted by molar-refractivity contribution is -0.146. The number of hydrogen-bond donors (Lipinski definition) is 4. The first-order valence-electron chi connectivity index (χ1n) is 11.6. The van der Waals surface area contributed by atoms with E-state index in [4.69, 9.17) is 0 Å². The number of para-hydroxylation sites is 2. The summed E-state index contributed by atoms with van der Waals surface area (Å²) >= 11 is 0. The van der Waals surface area contributed by atoms with Gasteiger partial charge in [-0.2, -0.15) is 0 Å². The summed E-state index contributed by atoms with van der Waals surface area (Å²) in [7, 11) is 0. The van der Waals surface area contributed by atoms with Gasteiger partial charge >= 0.3 is 5.97 Å². The fraction of sp³-hybridized carbons (Fsp3) is 0.346. The monoisotopic (exact) mass is 476 g/mol. The number of carbonyl (C=O) groups is 3. The Morgan fingerprint density at radius 3 is 2.11 bits per heavy atom. The maximum atomic E-state index is 12.7. The molecule has 1 saturated carbocycles.